The Balaban J connectivity index is 2.85. The molecule has 0 saturated carbocycles. The summed E-state index contributed by atoms with van der Waals surface area (Å²) >= 11 is 0. The van der Waals surface area contributed by atoms with Gasteiger partial charge in [0.25, 0.3) is 0 Å². The van der Waals surface area contributed by atoms with Crippen molar-refractivity contribution in [2.24, 2.45) is 11.8 Å². The van der Waals surface area contributed by atoms with Crippen LogP contribution in [0.2, 0.25) is 0 Å². The van der Waals surface area contributed by atoms with E-state index in [1.165, 1.54) is 12.2 Å². The normalized spacial score (nSPS) is 32.8. The third kappa shape index (κ3) is 2.06. The summed E-state index contributed by atoms with van der Waals surface area (Å²) < 4.78 is 0. The van der Waals surface area contributed by atoms with Crippen LogP contribution in [0.5, 0.6) is 0 Å². The van der Waals surface area contributed by atoms with E-state index in [1.54, 1.807) is 0 Å². The summed E-state index contributed by atoms with van der Waals surface area (Å²) in [5, 5.41) is 26.4. The molecule has 0 fully saturated rings. The van der Waals surface area contributed by atoms with Crippen molar-refractivity contribution in [1.29, 1.82) is 0 Å². The summed E-state index contributed by atoms with van der Waals surface area (Å²) in [4.78, 5) is 21.2. The molecule has 1 rings (SSSR count). The first-order valence-electron chi connectivity index (χ1n) is 3.84. The fourth-order valence-corrected chi connectivity index (χ4v) is 1.38. The Kier molecular flexibility index (Phi) is 2.67. The minimum absolute atomic E-state index is 0.0389. The Labute approximate surface area is 74.3 Å². The second-order valence-electron chi connectivity index (χ2n) is 3.00. The van der Waals surface area contributed by atoms with E-state index in [4.69, 9.17) is 15.3 Å². The van der Waals surface area contributed by atoms with Gasteiger partial charge in [-0.2, -0.15) is 0 Å². The summed E-state index contributed by atoms with van der Waals surface area (Å²) in [6, 6.07) is 0. The molecular weight excluding hydrogens is 176 g/mol. The van der Waals surface area contributed by atoms with E-state index in [2.05, 4.69) is 0 Å². The van der Waals surface area contributed by atoms with Crippen molar-refractivity contribution < 1.29 is 24.9 Å². The molecule has 0 aliphatic heterocycles. The summed E-state index contributed by atoms with van der Waals surface area (Å²) in [6.07, 6.45) is 1.66. The van der Waals surface area contributed by atoms with Crippen LogP contribution < -0.4 is 0 Å². The van der Waals surface area contributed by atoms with Crippen molar-refractivity contribution in [1.82, 2.24) is 0 Å². The number of hydrogen-bond acceptors (Lipinski definition) is 3. The van der Waals surface area contributed by atoms with Gasteiger partial charge in [-0.05, 0) is 6.42 Å². The van der Waals surface area contributed by atoms with E-state index >= 15 is 0 Å². The SMILES string of the molecule is O=C(O)[C@@H]1C=C[C@H](O)C[C@H]1C(=O)O. The van der Waals surface area contributed by atoms with Gasteiger partial charge in [-0.3, -0.25) is 9.59 Å². The van der Waals surface area contributed by atoms with E-state index < -0.39 is 29.9 Å². The molecule has 1 aliphatic carbocycles. The van der Waals surface area contributed by atoms with Gasteiger partial charge in [0, 0.05) is 0 Å². The topological polar surface area (TPSA) is 94.8 Å². The number of rotatable bonds is 2. The van der Waals surface area contributed by atoms with E-state index in [9.17, 15) is 9.59 Å². The van der Waals surface area contributed by atoms with Crippen LogP contribution >= 0.6 is 0 Å². The number of aliphatic carboxylic acids is 2. The minimum Gasteiger partial charge on any atom is -0.481 e. The van der Waals surface area contributed by atoms with Gasteiger partial charge in [-0.1, -0.05) is 12.2 Å². The summed E-state index contributed by atoms with van der Waals surface area (Å²) in [6.45, 7) is 0. The predicted octanol–water partition coefficient (Wildman–Crippen LogP) is -0.291. The number of carboxylic acid groups (broad SMARTS) is 2. The molecule has 0 unspecified atom stereocenters. The number of aliphatic hydroxyl groups excluding tert-OH is 1. The number of hydrogen-bond donors (Lipinski definition) is 3. The second kappa shape index (κ2) is 3.57. The summed E-state index contributed by atoms with van der Waals surface area (Å²) in [5.41, 5.74) is 0. The highest BCUT2D eigenvalue weighted by Crippen LogP contribution is 2.25. The lowest BCUT2D eigenvalue weighted by Crippen LogP contribution is -2.34. The molecule has 0 aromatic rings. The third-order valence-corrected chi connectivity index (χ3v) is 2.07. The zero-order valence-electron chi connectivity index (χ0n) is 6.75. The van der Waals surface area contributed by atoms with E-state index in [0.717, 1.165) is 0 Å². The number of carboxylic acids is 2. The molecule has 0 bridgehead atoms. The van der Waals surface area contributed by atoms with Crippen LogP contribution in [-0.2, 0) is 9.59 Å². The number of carbonyl (C=O) groups is 2. The molecule has 0 saturated heterocycles. The molecule has 1 aliphatic rings. The van der Waals surface area contributed by atoms with Gasteiger partial charge in [-0.25, -0.2) is 0 Å². The van der Waals surface area contributed by atoms with Gasteiger partial charge in [0.2, 0.25) is 0 Å². The first kappa shape index (κ1) is 9.73. The maximum absolute atomic E-state index is 10.6. The zero-order valence-corrected chi connectivity index (χ0v) is 6.75. The zero-order chi connectivity index (χ0) is 10.0. The van der Waals surface area contributed by atoms with Gasteiger partial charge in [0.1, 0.15) is 0 Å². The van der Waals surface area contributed by atoms with Crippen molar-refractivity contribution in [2.45, 2.75) is 12.5 Å². The first-order chi connectivity index (χ1) is 6.02. The molecule has 0 aromatic heterocycles. The Bertz CT molecular complexity index is 257. The Hall–Kier alpha value is -1.36. The maximum Gasteiger partial charge on any atom is 0.311 e. The average Bonchev–Trinajstić information content (AvgIpc) is 2.03. The lowest BCUT2D eigenvalue weighted by Gasteiger charge is -2.23. The molecule has 0 radical (unpaired) electrons. The van der Waals surface area contributed by atoms with Crippen molar-refractivity contribution in [2.75, 3.05) is 0 Å². The lowest BCUT2D eigenvalue weighted by molar-refractivity contribution is -0.153. The average molecular weight is 186 g/mol. The molecule has 0 aromatic carbocycles. The van der Waals surface area contributed by atoms with Crippen LogP contribution in [-0.4, -0.2) is 33.4 Å². The van der Waals surface area contributed by atoms with Gasteiger partial charge in [-0.15, -0.1) is 0 Å². The van der Waals surface area contributed by atoms with Gasteiger partial charge in [0.05, 0.1) is 17.9 Å². The molecule has 5 heteroatoms. The van der Waals surface area contributed by atoms with Crippen molar-refractivity contribution in [3.8, 4) is 0 Å². The van der Waals surface area contributed by atoms with Crippen LogP contribution in [0.1, 0.15) is 6.42 Å². The summed E-state index contributed by atoms with van der Waals surface area (Å²) in [7, 11) is 0. The fourth-order valence-electron chi connectivity index (χ4n) is 1.38. The predicted molar refractivity (Wildman–Crippen MR) is 42.0 cm³/mol. The van der Waals surface area contributed by atoms with Crippen LogP contribution in [0.25, 0.3) is 0 Å². The van der Waals surface area contributed by atoms with Crippen molar-refractivity contribution >= 4 is 11.9 Å². The molecule has 13 heavy (non-hydrogen) atoms. The van der Waals surface area contributed by atoms with Crippen molar-refractivity contribution in [3.63, 3.8) is 0 Å². The first-order valence-corrected chi connectivity index (χ1v) is 3.84. The van der Waals surface area contributed by atoms with Gasteiger partial charge in [0.15, 0.2) is 0 Å². The monoisotopic (exact) mass is 186 g/mol. The lowest BCUT2D eigenvalue weighted by atomic mass is 9.83. The molecule has 72 valence electrons. The molecule has 5 nitrogen and oxygen atoms in total. The Morgan fingerprint density at radius 2 is 1.77 bits per heavy atom. The molecule has 0 amide bonds. The van der Waals surface area contributed by atoms with Crippen LogP contribution in [0.3, 0.4) is 0 Å². The molecule has 0 spiro atoms. The molecule has 3 atom stereocenters. The summed E-state index contributed by atoms with van der Waals surface area (Å²) in [5.74, 6) is -4.41. The Morgan fingerprint density at radius 3 is 2.23 bits per heavy atom. The largest absolute Gasteiger partial charge is 0.481 e. The van der Waals surface area contributed by atoms with Crippen molar-refractivity contribution in [3.05, 3.63) is 12.2 Å². The molecular formula is C8H10O5. The fraction of sp³-hybridized carbons (Fsp3) is 0.500. The van der Waals surface area contributed by atoms with Crippen LogP contribution in [0.4, 0.5) is 0 Å². The standard InChI is InChI=1S/C8H10O5/c9-4-1-2-5(7(10)11)6(3-4)8(12)13/h1-2,4-6,9H,3H2,(H,10,11)(H,12,13)/t4-,5+,6+/m0/s1. The van der Waals surface area contributed by atoms with Gasteiger partial charge >= 0.3 is 11.9 Å². The highest BCUT2D eigenvalue weighted by molar-refractivity contribution is 5.81. The van der Waals surface area contributed by atoms with Gasteiger partial charge < -0.3 is 15.3 Å². The third-order valence-electron chi connectivity index (χ3n) is 2.07. The number of aliphatic hydroxyl groups is 1. The van der Waals surface area contributed by atoms with Crippen LogP contribution in [0, 0.1) is 11.8 Å². The second-order valence-corrected chi connectivity index (χ2v) is 3.00. The Morgan fingerprint density at radius 1 is 1.15 bits per heavy atom. The highest BCUT2D eigenvalue weighted by Gasteiger charge is 2.35. The highest BCUT2D eigenvalue weighted by atomic mass is 16.4. The van der Waals surface area contributed by atoms with E-state index in [0.29, 0.717) is 0 Å². The quantitative estimate of drug-likeness (QED) is 0.515. The maximum atomic E-state index is 10.6. The molecule has 3 N–H and O–H groups in total. The molecule has 0 heterocycles. The van der Waals surface area contributed by atoms with E-state index in [-0.39, 0.29) is 6.42 Å². The smallest absolute Gasteiger partial charge is 0.311 e. The minimum atomic E-state index is -1.18. The van der Waals surface area contributed by atoms with Crippen LogP contribution in [0.15, 0.2) is 12.2 Å². The van der Waals surface area contributed by atoms with E-state index in [1.807, 2.05) is 0 Å².